The lowest BCUT2D eigenvalue weighted by molar-refractivity contribution is 0.533. The molecule has 2 N–H and O–H groups in total. The van der Waals surface area contributed by atoms with E-state index in [0.717, 1.165) is 17.7 Å². The number of nitrogens with two attached hydrogens (primary N) is 1. The molecule has 0 radical (unpaired) electrons. The molecule has 0 spiro atoms. The molecule has 0 fully saturated rings. The van der Waals surface area contributed by atoms with E-state index in [9.17, 15) is 0 Å². The van der Waals surface area contributed by atoms with Crippen LogP contribution in [0, 0.1) is 0 Å². The van der Waals surface area contributed by atoms with E-state index in [-0.39, 0.29) is 0 Å². The summed E-state index contributed by atoms with van der Waals surface area (Å²) in [5, 5.41) is 4.04. The molecular formula is C8H15BrN4. The molecule has 0 unspecified atom stereocenters. The Bertz CT molecular complexity index is 259. The third kappa shape index (κ3) is 3.34. The maximum absolute atomic E-state index is 5.44. The highest BCUT2D eigenvalue weighted by Gasteiger charge is 2.02. The molecule has 1 aromatic rings. The van der Waals surface area contributed by atoms with Crippen LogP contribution in [0.4, 0.5) is 5.95 Å². The molecule has 0 aliphatic rings. The highest BCUT2D eigenvalue weighted by atomic mass is 79.9. The summed E-state index contributed by atoms with van der Waals surface area (Å²) in [6, 6.07) is 0. The molecule has 0 aromatic carbocycles. The molecule has 74 valence electrons. The molecule has 0 bridgehead atoms. The lowest BCUT2D eigenvalue weighted by atomic mass is 10.2. The molecule has 0 amide bonds. The molecule has 0 aliphatic heterocycles. The molecule has 1 rings (SSSR count). The van der Waals surface area contributed by atoms with E-state index in [1.807, 2.05) is 0 Å². The third-order valence-electron chi connectivity index (χ3n) is 1.87. The van der Waals surface area contributed by atoms with Crippen LogP contribution in [0.1, 0.15) is 32.6 Å². The Balaban J connectivity index is 2.32. The zero-order valence-corrected chi connectivity index (χ0v) is 9.42. The van der Waals surface area contributed by atoms with Crippen molar-refractivity contribution in [2.45, 2.75) is 39.2 Å². The number of nitrogen functional groups attached to an aromatic ring is 1. The first-order valence-corrected chi connectivity index (χ1v) is 5.39. The van der Waals surface area contributed by atoms with Crippen molar-refractivity contribution in [3.63, 3.8) is 0 Å². The van der Waals surface area contributed by atoms with Gasteiger partial charge in [0.1, 0.15) is 0 Å². The maximum Gasteiger partial charge on any atom is 0.240 e. The zero-order valence-electron chi connectivity index (χ0n) is 7.83. The van der Waals surface area contributed by atoms with Crippen molar-refractivity contribution in [2.24, 2.45) is 0 Å². The maximum atomic E-state index is 5.44. The van der Waals surface area contributed by atoms with E-state index in [4.69, 9.17) is 5.73 Å². The molecule has 4 nitrogen and oxygen atoms in total. The van der Waals surface area contributed by atoms with Crippen LogP contribution in [0.3, 0.4) is 0 Å². The number of unbranched alkanes of at least 4 members (excludes halogenated alkanes) is 3. The number of aromatic nitrogens is 3. The monoisotopic (exact) mass is 246 g/mol. The minimum atomic E-state index is 0.336. The number of rotatable bonds is 5. The van der Waals surface area contributed by atoms with E-state index in [0.29, 0.717) is 5.95 Å². The van der Waals surface area contributed by atoms with Crippen molar-refractivity contribution < 1.29 is 0 Å². The van der Waals surface area contributed by atoms with Gasteiger partial charge in [-0.2, -0.15) is 4.98 Å². The Labute approximate surface area is 86.7 Å². The van der Waals surface area contributed by atoms with Gasteiger partial charge in [0, 0.05) is 6.54 Å². The van der Waals surface area contributed by atoms with Crippen molar-refractivity contribution in [3.8, 4) is 0 Å². The van der Waals surface area contributed by atoms with Crippen molar-refractivity contribution in [1.29, 1.82) is 0 Å². The Kier molecular flexibility index (Phi) is 4.21. The van der Waals surface area contributed by atoms with Gasteiger partial charge in [0.05, 0.1) is 0 Å². The number of halogens is 1. The summed E-state index contributed by atoms with van der Waals surface area (Å²) in [6.07, 6.45) is 4.90. The number of hydrogen-bond donors (Lipinski definition) is 1. The fourth-order valence-electron chi connectivity index (χ4n) is 1.17. The zero-order chi connectivity index (χ0) is 9.68. The molecule has 5 heteroatoms. The minimum absolute atomic E-state index is 0.336. The number of anilines is 1. The second-order valence-corrected chi connectivity index (χ2v) is 3.73. The molecule has 0 saturated heterocycles. The van der Waals surface area contributed by atoms with E-state index in [2.05, 4.69) is 32.9 Å². The van der Waals surface area contributed by atoms with Crippen LogP contribution in [0.25, 0.3) is 0 Å². The smallest absolute Gasteiger partial charge is 0.240 e. The van der Waals surface area contributed by atoms with E-state index < -0.39 is 0 Å². The van der Waals surface area contributed by atoms with Crippen LogP contribution >= 0.6 is 15.9 Å². The van der Waals surface area contributed by atoms with Gasteiger partial charge in [0.15, 0.2) is 4.73 Å². The normalized spacial score (nSPS) is 10.6. The molecule has 1 aromatic heterocycles. The minimum Gasteiger partial charge on any atom is -0.366 e. The summed E-state index contributed by atoms with van der Waals surface area (Å²) < 4.78 is 2.52. The molecule has 0 saturated carbocycles. The quantitative estimate of drug-likeness (QED) is 0.811. The molecule has 1 heterocycles. The van der Waals surface area contributed by atoms with Crippen LogP contribution in [0.2, 0.25) is 0 Å². The Morgan fingerprint density at radius 2 is 2.15 bits per heavy atom. The van der Waals surface area contributed by atoms with Crippen molar-refractivity contribution >= 4 is 21.9 Å². The lowest BCUT2D eigenvalue weighted by Gasteiger charge is -2.00. The van der Waals surface area contributed by atoms with Gasteiger partial charge in [-0.25, -0.2) is 4.68 Å². The largest absolute Gasteiger partial charge is 0.366 e. The average molecular weight is 247 g/mol. The first-order valence-electron chi connectivity index (χ1n) is 4.60. The summed E-state index contributed by atoms with van der Waals surface area (Å²) in [7, 11) is 0. The first-order chi connectivity index (χ1) is 6.24. The summed E-state index contributed by atoms with van der Waals surface area (Å²) in [5.74, 6) is 0.336. The Morgan fingerprint density at radius 1 is 1.38 bits per heavy atom. The molecule has 13 heavy (non-hydrogen) atoms. The predicted molar refractivity (Wildman–Crippen MR) is 56.3 cm³/mol. The second-order valence-electron chi connectivity index (χ2n) is 3.02. The Hall–Kier alpha value is -0.580. The van der Waals surface area contributed by atoms with Crippen LogP contribution in [0.5, 0.6) is 0 Å². The van der Waals surface area contributed by atoms with Crippen LogP contribution in [-0.2, 0) is 6.54 Å². The van der Waals surface area contributed by atoms with Crippen molar-refractivity contribution in [1.82, 2.24) is 14.8 Å². The fourth-order valence-corrected chi connectivity index (χ4v) is 1.61. The standard InChI is InChI=1S/C8H15BrN4/c1-2-3-4-5-6-13-7(9)11-8(10)12-13/h2-6H2,1H3,(H2,10,12). The number of hydrogen-bond acceptors (Lipinski definition) is 3. The molecular weight excluding hydrogens is 232 g/mol. The van der Waals surface area contributed by atoms with E-state index in [1.165, 1.54) is 19.3 Å². The molecule has 0 aliphatic carbocycles. The highest BCUT2D eigenvalue weighted by Crippen LogP contribution is 2.09. The van der Waals surface area contributed by atoms with E-state index >= 15 is 0 Å². The van der Waals surface area contributed by atoms with Crippen molar-refractivity contribution in [3.05, 3.63) is 4.73 Å². The first kappa shape index (κ1) is 10.5. The van der Waals surface area contributed by atoms with Crippen LogP contribution in [-0.4, -0.2) is 14.8 Å². The van der Waals surface area contributed by atoms with Crippen LogP contribution < -0.4 is 5.73 Å². The van der Waals surface area contributed by atoms with E-state index in [1.54, 1.807) is 4.68 Å². The number of aryl methyl sites for hydroxylation is 1. The number of nitrogens with zero attached hydrogens (tertiary/aromatic N) is 3. The van der Waals surface area contributed by atoms with Crippen LogP contribution in [0.15, 0.2) is 4.73 Å². The van der Waals surface area contributed by atoms with Gasteiger partial charge < -0.3 is 5.73 Å². The predicted octanol–water partition coefficient (Wildman–Crippen LogP) is 2.20. The van der Waals surface area contributed by atoms with Gasteiger partial charge in [0.25, 0.3) is 0 Å². The van der Waals surface area contributed by atoms with Gasteiger partial charge in [0.2, 0.25) is 5.95 Å². The summed E-state index contributed by atoms with van der Waals surface area (Å²) in [4.78, 5) is 3.96. The van der Waals surface area contributed by atoms with Gasteiger partial charge >= 0.3 is 0 Å². The van der Waals surface area contributed by atoms with Gasteiger partial charge in [-0.05, 0) is 22.4 Å². The fraction of sp³-hybridized carbons (Fsp3) is 0.750. The highest BCUT2D eigenvalue weighted by molar-refractivity contribution is 9.10. The second kappa shape index (κ2) is 5.21. The van der Waals surface area contributed by atoms with Gasteiger partial charge in [-0.1, -0.05) is 26.2 Å². The average Bonchev–Trinajstić information content (AvgIpc) is 2.39. The van der Waals surface area contributed by atoms with Crippen molar-refractivity contribution in [2.75, 3.05) is 5.73 Å². The SMILES string of the molecule is CCCCCCn1nc(N)nc1Br. The third-order valence-corrected chi connectivity index (χ3v) is 2.45. The topological polar surface area (TPSA) is 56.7 Å². The Morgan fingerprint density at radius 3 is 2.69 bits per heavy atom. The molecule has 0 atom stereocenters. The summed E-state index contributed by atoms with van der Waals surface area (Å²) in [5.41, 5.74) is 5.44. The summed E-state index contributed by atoms with van der Waals surface area (Å²) >= 11 is 3.30. The summed E-state index contributed by atoms with van der Waals surface area (Å²) in [6.45, 7) is 3.09. The van der Waals surface area contributed by atoms with Gasteiger partial charge in [-0.15, -0.1) is 5.10 Å². The lowest BCUT2D eigenvalue weighted by Crippen LogP contribution is -2.01. The van der Waals surface area contributed by atoms with Gasteiger partial charge in [-0.3, -0.25) is 0 Å².